The summed E-state index contributed by atoms with van der Waals surface area (Å²) < 4.78 is 37.1. The fourth-order valence-electron chi connectivity index (χ4n) is 1.87. The van der Waals surface area contributed by atoms with Crippen LogP contribution in [0.15, 0.2) is 48.5 Å². The van der Waals surface area contributed by atoms with Crippen LogP contribution in [0.5, 0.6) is 0 Å². The third-order valence-corrected chi connectivity index (χ3v) is 4.61. The predicted octanol–water partition coefficient (Wildman–Crippen LogP) is 3.03. The Bertz CT molecular complexity index is 793. The lowest BCUT2D eigenvalue weighted by molar-refractivity contribution is -0.113. The highest BCUT2D eigenvalue weighted by Crippen LogP contribution is 2.18. The van der Waals surface area contributed by atoms with Gasteiger partial charge in [0.05, 0.1) is 5.75 Å². The second-order valence-electron chi connectivity index (χ2n) is 4.68. The van der Waals surface area contributed by atoms with Crippen LogP contribution in [0, 0.1) is 5.82 Å². The van der Waals surface area contributed by atoms with Gasteiger partial charge in [0.1, 0.15) is 11.6 Å². The van der Waals surface area contributed by atoms with E-state index >= 15 is 0 Å². The van der Waals surface area contributed by atoms with E-state index in [0.29, 0.717) is 10.6 Å². The van der Waals surface area contributed by atoms with E-state index in [1.54, 1.807) is 24.3 Å². The normalized spacial score (nSPS) is 11.2. The van der Waals surface area contributed by atoms with Crippen LogP contribution in [0.3, 0.4) is 0 Å². The smallest absolute Gasteiger partial charge is 0.239 e. The molecule has 0 bridgehead atoms. The summed E-state index contributed by atoms with van der Waals surface area (Å²) in [4.78, 5) is 11.8. The lowest BCUT2D eigenvalue weighted by atomic mass is 10.2. The third-order valence-electron chi connectivity index (χ3n) is 2.79. The van der Waals surface area contributed by atoms with Crippen LogP contribution in [-0.2, 0) is 20.4 Å². The van der Waals surface area contributed by atoms with Crippen molar-refractivity contribution in [2.75, 3.05) is 11.1 Å². The van der Waals surface area contributed by atoms with Gasteiger partial charge in [-0.15, -0.1) is 0 Å². The molecule has 2 aromatic rings. The van der Waals surface area contributed by atoms with E-state index in [4.69, 9.17) is 11.6 Å². The zero-order chi connectivity index (χ0) is 16.2. The fourth-order valence-corrected chi connectivity index (χ4v) is 3.45. The minimum Gasteiger partial charge on any atom is -0.325 e. The summed E-state index contributed by atoms with van der Waals surface area (Å²) >= 11 is 5.91. The van der Waals surface area contributed by atoms with Gasteiger partial charge in [0.2, 0.25) is 5.91 Å². The second kappa shape index (κ2) is 6.89. The molecule has 0 radical (unpaired) electrons. The third kappa shape index (κ3) is 4.82. The molecule has 0 aliphatic carbocycles. The molecule has 1 amide bonds. The van der Waals surface area contributed by atoms with Crippen molar-refractivity contribution in [3.05, 3.63) is 64.9 Å². The zero-order valence-electron chi connectivity index (χ0n) is 11.4. The average Bonchev–Trinajstić information content (AvgIpc) is 2.40. The molecular weight excluding hydrogens is 329 g/mol. The van der Waals surface area contributed by atoms with Gasteiger partial charge in [-0.2, -0.15) is 0 Å². The number of carbonyl (C=O) groups is 1. The molecule has 0 heterocycles. The molecule has 0 atom stereocenters. The lowest BCUT2D eigenvalue weighted by Gasteiger charge is -2.07. The van der Waals surface area contributed by atoms with Crippen molar-refractivity contribution in [2.45, 2.75) is 5.75 Å². The summed E-state index contributed by atoms with van der Waals surface area (Å²) in [5.74, 6) is -2.27. The van der Waals surface area contributed by atoms with Gasteiger partial charge in [0.15, 0.2) is 9.84 Å². The van der Waals surface area contributed by atoms with Crippen LogP contribution in [0.2, 0.25) is 5.02 Å². The molecule has 0 aliphatic rings. The molecule has 0 saturated carbocycles. The first-order chi connectivity index (χ1) is 10.4. The minimum atomic E-state index is -3.68. The topological polar surface area (TPSA) is 63.2 Å². The van der Waals surface area contributed by atoms with Crippen LogP contribution < -0.4 is 5.32 Å². The molecule has 0 saturated heterocycles. The van der Waals surface area contributed by atoms with E-state index < -0.39 is 27.3 Å². The van der Waals surface area contributed by atoms with E-state index in [1.807, 2.05) is 0 Å². The Labute approximate surface area is 132 Å². The van der Waals surface area contributed by atoms with Gasteiger partial charge in [-0.3, -0.25) is 4.79 Å². The van der Waals surface area contributed by atoms with Crippen molar-refractivity contribution in [3.8, 4) is 0 Å². The zero-order valence-corrected chi connectivity index (χ0v) is 13.0. The molecule has 7 heteroatoms. The van der Waals surface area contributed by atoms with Crippen molar-refractivity contribution in [1.29, 1.82) is 0 Å². The Morgan fingerprint density at radius 3 is 2.55 bits per heavy atom. The molecule has 0 unspecified atom stereocenters. The molecule has 0 aromatic heterocycles. The maximum Gasteiger partial charge on any atom is 0.239 e. The first kappa shape index (κ1) is 16.5. The highest BCUT2D eigenvalue weighted by atomic mass is 35.5. The number of hydrogen-bond acceptors (Lipinski definition) is 3. The Morgan fingerprint density at radius 2 is 1.86 bits per heavy atom. The van der Waals surface area contributed by atoms with Crippen LogP contribution in [-0.4, -0.2) is 20.1 Å². The van der Waals surface area contributed by atoms with Crippen LogP contribution in [0.25, 0.3) is 0 Å². The summed E-state index contributed by atoms with van der Waals surface area (Å²) in [7, 11) is -3.68. The molecule has 0 spiro atoms. The Kier molecular flexibility index (Phi) is 5.15. The monoisotopic (exact) mass is 341 g/mol. The summed E-state index contributed by atoms with van der Waals surface area (Å²) in [6.45, 7) is 0. The number of nitrogens with one attached hydrogen (secondary N) is 1. The van der Waals surface area contributed by atoms with Gasteiger partial charge >= 0.3 is 0 Å². The largest absolute Gasteiger partial charge is 0.325 e. The Hall–Kier alpha value is -1.92. The molecule has 2 aromatic carbocycles. The molecule has 0 aliphatic heterocycles. The quantitative estimate of drug-likeness (QED) is 0.909. The second-order valence-corrected chi connectivity index (χ2v) is 7.15. The summed E-state index contributed by atoms with van der Waals surface area (Å²) in [5.41, 5.74) is 0.640. The van der Waals surface area contributed by atoms with Crippen molar-refractivity contribution in [1.82, 2.24) is 0 Å². The highest BCUT2D eigenvalue weighted by molar-refractivity contribution is 7.91. The molecule has 1 N–H and O–H groups in total. The predicted molar refractivity (Wildman–Crippen MR) is 84.0 cm³/mol. The number of hydrogen-bond donors (Lipinski definition) is 1. The summed E-state index contributed by atoms with van der Waals surface area (Å²) in [6, 6.07) is 11.8. The maximum atomic E-state index is 13.0. The molecule has 22 heavy (non-hydrogen) atoms. The SMILES string of the molecule is O=C(CS(=O)(=O)Cc1ccccc1Cl)Nc1cccc(F)c1. The van der Waals surface area contributed by atoms with Gasteiger partial charge < -0.3 is 5.32 Å². The van der Waals surface area contributed by atoms with Gasteiger partial charge in [0, 0.05) is 10.7 Å². The van der Waals surface area contributed by atoms with Gasteiger partial charge in [-0.25, -0.2) is 12.8 Å². The van der Waals surface area contributed by atoms with E-state index in [0.717, 1.165) is 6.07 Å². The number of benzene rings is 2. The van der Waals surface area contributed by atoms with E-state index in [1.165, 1.54) is 18.2 Å². The van der Waals surface area contributed by atoms with E-state index in [2.05, 4.69) is 5.32 Å². The first-order valence-electron chi connectivity index (χ1n) is 6.35. The molecule has 116 valence electrons. The minimum absolute atomic E-state index is 0.206. The van der Waals surface area contributed by atoms with E-state index in [-0.39, 0.29) is 11.4 Å². The Balaban J connectivity index is 2.02. The molecule has 4 nitrogen and oxygen atoms in total. The van der Waals surface area contributed by atoms with Crippen LogP contribution in [0.4, 0.5) is 10.1 Å². The van der Waals surface area contributed by atoms with Crippen LogP contribution in [0.1, 0.15) is 5.56 Å². The first-order valence-corrected chi connectivity index (χ1v) is 8.55. The van der Waals surface area contributed by atoms with Crippen molar-refractivity contribution < 1.29 is 17.6 Å². The number of anilines is 1. The molecular formula is C15H13ClFNO3S. The highest BCUT2D eigenvalue weighted by Gasteiger charge is 2.19. The summed E-state index contributed by atoms with van der Waals surface area (Å²) in [6.07, 6.45) is 0. The van der Waals surface area contributed by atoms with Gasteiger partial charge in [-0.1, -0.05) is 35.9 Å². The fraction of sp³-hybridized carbons (Fsp3) is 0.133. The number of sulfone groups is 1. The Morgan fingerprint density at radius 1 is 1.14 bits per heavy atom. The number of amides is 1. The maximum absolute atomic E-state index is 13.0. The number of rotatable bonds is 5. The van der Waals surface area contributed by atoms with Crippen LogP contribution >= 0.6 is 11.6 Å². The van der Waals surface area contributed by atoms with Crippen molar-refractivity contribution in [2.24, 2.45) is 0 Å². The number of carbonyl (C=O) groups excluding carboxylic acids is 1. The lowest BCUT2D eigenvalue weighted by Crippen LogP contribution is -2.24. The van der Waals surface area contributed by atoms with E-state index in [9.17, 15) is 17.6 Å². The van der Waals surface area contributed by atoms with Gasteiger partial charge in [-0.05, 0) is 29.8 Å². The molecule has 0 fully saturated rings. The summed E-state index contributed by atoms with van der Waals surface area (Å²) in [5, 5.41) is 2.68. The van der Waals surface area contributed by atoms with Crippen molar-refractivity contribution >= 4 is 33.0 Å². The molecule has 2 rings (SSSR count). The average molecular weight is 342 g/mol. The number of halogens is 2. The van der Waals surface area contributed by atoms with Gasteiger partial charge in [0.25, 0.3) is 0 Å². The van der Waals surface area contributed by atoms with Crippen molar-refractivity contribution in [3.63, 3.8) is 0 Å². The standard InChI is InChI=1S/C15H13ClFNO3S/c16-14-7-2-1-4-11(14)9-22(20,21)10-15(19)18-13-6-3-5-12(17)8-13/h1-8H,9-10H2,(H,18,19).